The van der Waals surface area contributed by atoms with E-state index >= 15 is 0 Å². The van der Waals surface area contributed by atoms with Crippen molar-refractivity contribution in [2.24, 2.45) is 0 Å². The normalized spacial score (nSPS) is 10.8. The first-order chi connectivity index (χ1) is 4.85. The lowest BCUT2D eigenvalue weighted by Gasteiger charge is -2.16. The minimum atomic E-state index is 0.954. The van der Waals surface area contributed by atoms with Crippen LogP contribution in [0.25, 0.3) is 0 Å². The van der Waals surface area contributed by atoms with E-state index in [0.29, 0.717) is 0 Å². The zero-order chi connectivity index (χ0) is 7.82. The Labute approximate surface area is 63.6 Å². The van der Waals surface area contributed by atoms with Crippen molar-refractivity contribution in [1.29, 1.82) is 0 Å². The molecule has 0 unspecified atom stereocenters. The molecule has 0 aromatic heterocycles. The molecule has 3 nitrogen and oxygen atoms in total. The fourth-order valence-electron chi connectivity index (χ4n) is 0.718. The highest BCUT2D eigenvalue weighted by Gasteiger charge is 2.01. The van der Waals surface area contributed by atoms with Crippen molar-refractivity contribution in [3.8, 4) is 0 Å². The van der Waals surface area contributed by atoms with E-state index in [-0.39, 0.29) is 0 Å². The molecule has 0 bridgehead atoms. The third kappa shape index (κ3) is 4.73. The first kappa shape index (κ1) is 9.88. The van der Waals surface area contributed by atoms with Gasteiger partial charge >= 0.3 is 0 Å². The van der Waals surface area contributed by atoms with E-state index in [0.717, 1.165) is 25.9 Å². The molecular weight excluding hydrogens is 126 g/mol. The van der Waals surface area contributed by atoms with Crippen LogP contribution in [-0.4, -0.2) is 19.6 Å². The average molecular weight is 144 g/mol. The minimum Gasteiger partial charge on any atom is -0.283 e. The summed E-state index contributed by atoms with van der Waals surface area (Å²) >= 11 is 0. The monoisotopic (exact) mass is 144 g/mol. The second-order valence-corrected chi connectivity index (χ2v) is 1.97. The molecule has 0 aliphatic carbocycles. The fourth-order valence-corrected chi connectivity index (χ4v) is 0.718. The highest BCUT2D eigenvalue weighted by molar-refractivity contribution is 4.77. The molecular formula is C7H18N3. The zero-order valence-electron chi connectivity index (χ0n) is 7.12. The van der Waals surface area contributed by atoms with Crippen LogP contribution >= 0.6 is 0 Å². The molecule has 0 amide bonds. The smallest absolute Gasteiger partial charge is 0.170 e. The number of hydrogen-bond donors (Lipinski definition) is 3. The van der Waals surface area contributed by atoms with Crippen molar-refractivity contribution in [3.63, 3.8) is 0 Å². The van der Waals surface area contributed by atoms with E-state index in [1.165, 1.54) is 0 Å². The van der Waals surface area contributed by atoms with Gasteiger partial charge in [0.25, 0.3) is 0 Å². The van der Waals surface area contributed by atoms with Crippen LogP contribution < -0.4 is 16.0 Å². The van der Waals surface area contributed by atoms with E-state index in [1.807, 2.05) is 0 Å². The van der Waals surface area contributed by atoms with E-state index in [4.69, 9.17) is 0 Å². The first-order valence-electron chi connectivity index (χ1n) is 3.93. The summed E-state index contributed by atoms with van der Waals surface area (Å²) in [6, 6.07) is 0. The Morgan fingerprint density at radius 2 is 1.10 bits per heavy atom. The van der Waals surface area contributed by atoms with Gasteiger partial charge < -0.3 is 0 Å². The number of hydrogen-bond acceptors (Lipinski definition) is 3. The Morgan fingerprint density at radius 3 is 1.30 bits per heavy atom. The first-order valence-corrected chi connectivity index (χ1v) is 3.93. The van der Waals surface area contributed by atoms with Gasteiger partial charge in [-0.2, -0.15) is 0 Å². The molecule has 0 spiro atoms. The van der Waals surface area contributed by atoms with Gasteiger partial charge in [0, 0.05) is 0 Å². The van der Waals surface area contributed by atoms with Gasteiger partial charge in [-0.25, -0.2) is 0 Å². The van der Waals surface area contributed by atoms with Crippen LogP contribution in [0.3, 0.4) is 0 Å². The second kappa shape index (κ2) is 6.99. The fraction of sp³-hybridized carbons (Fsp3) is 0.857. The molecule has 1 radical (unpaired) electrons. The lowest BCUT2D eigenvalue weighted by molar-refractivity contribution is 0.506. The molecule has 0 aliphatic heterocycles. The van der Waals surface area contributed by atoms with Crippen LogP contribution in [0.4, 0.5) is 0 Å². The summed E-state index contributed by atoms with van der Waals surface area (Å²) in [4.78, 5) is 0. The van der Waals surface area contributed by atoms with Crippen molar-refractivity contribution in [3.05, 3.63) is 6.29 Å². The predicted molar refractivity (Wildman–Crippen MR) is 44.3 cm³/mol. The summed E-state index contributed by atoms with van der Waals surface area (Å²) in [5, 5.41) is 9.54. The van der Waals surface area contributed by atoms with Gasteiger partial charge in [-0.3, -0.25) is 16.0 Å². The molecule has 0 saturated heterocycles. The van der Waals surface area contributed by atoms with Crippen LogP contribution in [-0.2, 0) is 0 Å². The van der Waals surface area contributed by atoms with Crippen molar-refractivity contribution in [1.82, 2.24) is 16.0 Å². The van der Waals surface area contributed by atoms with Gasteiger partial charge in [-0.1, -0.05) is 20.8 Å². The molecule has 0 heterocycles. The summed E-state index contributed by atoms with van der Waals surface area (Å²) in [5.74, 6) is 0. The average Bonchev–Trinajstić information content (AvgIpc) is 1.90. The van der Waals surface area contributed by atoms with Gasteiger partial charge in [-0.05, 0) is 19.6 Å². The second-order valence-electron chi connectivity index (χ2n) is 1.97. The molecule has 10 heavy (non-hydrogen) atoms. The topological polar surface area (TPSA) is 36.1 Å². The van der Waals surface area contributed by atoms with Crippen LogP contribution in [0.5, 0.6) is 0 Å². The Hall–Kier alpha value is -0.120. The zero-order valence-corrected chi connectivity index (χ0v) is 7.12. The van der Waals surface area contributed by atoms with E-state index in [1.54, 1.807) is 0 Å². The maximum absolute atomic E-state index is 3.18. The molecule has 0 fully saturated rings. The quantitative estimate of drug-likeness (QED) is 0.500. The lowest BCUT2D eigenvalue weighted by Crippen LogP contribution is -2.44. The summed E-state index contributed by atoms with van der Waals surface area (Å²) in [5.41, 5.74) is 0. The summed E-state index contributed by atoms with van der Waals surface area (Å²) in [7, 11) is 0. The standard InChI is InChI=1S/C7H18N3/c1-4-8-7(9-5-2)10-6-3/h8-10H,4-6H2,1-3H3. The van der Waals surface area contributed by atoms with Gasteiger partial charge in [0.15, 0.2) is 6.29 Å². The van der Waals surface area contributed by atoms with Crippen molar-refractivity contribution in [2.45, 2.75) is 20.8 Å². The maximum Gasteiger partial charge on any atom is 0.170 e. The molecule has 0 rings (SSSR count). The molecule has 0 saturated carbocycles. The summed E-state index contributed by atoms with van der Waals surface area (Å²) < 4.78 is 0. The third-order valence-electron chi connectivity index (χ3n) is 1.06. The van der Waals surface area contributed by atoms with Crippen LogP contribution in [0.1, 0.15) is 20.8 Å². The van der Waals surface area contributed by atoms with Gasteiger partial charge in [0.05, 0.1) is 0 Å². The van der Waals surface area contributed by atoms with E-state index < -0.39 is 0 Å². The summed E-state index contributed by atoms with van der Waals surface area (Å²) in [6.45, 7) is 9.10. The highest BCUT2D eigenvalue weighted by atomic mass is 15.3. The Balaban J connectivity index is 3.30. The molecule has 0 aromatic rings. The Kier molecular flexibility index (Phi) is 6.91. The number of nitrogens with one attached hydrogen (secondary N) is 3. The Bertz CT molecular complexity index is 51.6. The molecule has 61 valence electrons. The molecule has 0 aromatic carbocycles. The van der Waals surface area contributed by atoms with Crippen molar-refractivity contribution in [2.75, 3.05) is 19.6 Å². The molecule has 3 heteroatoms. The van der Waals surface area contributed by atoms with Crippen molar-refractivity contribution >= 4 is 0 Å². The Morgan fingerprint density at radius 1 is 0.800 bits per heavy atom. The molecule has 3 N–H and O–H groups in total. The predicted octanol–water partition coefficient (Wildman–Crippen LogP) is 0.262. The minimum absolute atomic E-state index is 0.954. The molecule has 0 aliphatic rings. The van der Waals surface area contributed by atoms with E-state index in [2.05, 4.69) is 36.7 Å². The van der Waals surface area contributed by atoms with Crippen LogP contribution in [0.2, 0.25) is 0 Å². The van der Waals surface area contributed by atoms with Crippen LogP contribution in [0.15, 0.2) is 0 Å². The van der Waals surface area contributed by atoms with E-state index in [9.17, 15) is 0 Å². The van der Waals surface area contributed by atoms with Gasteiger partial charge in [-0.15, -0.1) is 0 Å². The largest absolute Gasteiger partial charge is 0.283 e. The summed E-state index contributed by atoms with van der Waals surface area (Å²) in [6.07, 6.45) is 1.03. The van der Waals surface area contributed by atoms with Crippen molar-refractivity contribution < 1.29 is 0 Å². The van der Waals surface area contributed by atoms with Gasteiger partial charge in [0.1, 0.15) is 0 Å². The SMILES string of the molecule is CCN[C](NCC)NCC. The third-order valence-corrected chi connectivity index (χ3v) is 1.06. The molecule has 0 atom stereocenters. The number of rotatable bonds is 6. The van der Waals surface area contributed by atoms with Crippen LogP contribution in [0, 0.1) is 6.29 Å². The lowest BCUT2D eigenvalue weighted by atomic mass is 10.6. The van der Waals surface area contributed by atoms with Gasteiger partial charge in [0.2, 0.25) is 0 Å². The highest BCUT2D eigenvalue weighted by Crippen LogP contribution is 1.79. The maximum atomic E-state index is 3.18.